The summed E-state index contributed by atoms with van der Waals surface area (Å²) >= 11 is 0. The molecule has 0 rings (SSSR count). The van der Waals surface area contributed by atoms with Crippen LogP contribution in [0.15, 0.2) is 0 Å². The summed E-state index contributed by atoms with van der Waals surface area (Å²) < 4.78 is 11.0. The zero-order valence-electron chi connectivity index (χ0n) is 7.65. The highest BCUT2D eigenvalue weighted by atomic mass is 31.2. The smallest absolute Gasteiger partial charge is 0.339 e. The second kappa shape index (κ2) is 4.19. The molecule has 1 unspecified atom stereocenters. The molecule has 5 N–H and O–H groups in total. The molecule has 0 saturated heterocycles. The highest BCUT2D eigenvalue weighted by molar-refractivity contribution is 7.53. The van der Waals surface area contributed by atoms with Gasteiger partial charge in [0.2, 0.25) is 5.91 Å². The normalized spacial score (nSPS) is 16.4. The standard InChI is InChI=1S/C6H15N2O4P/c1-3-6(2,13(10,11)12)8-5(9)4-7/h3-4,7H2,1-2H3,(H,8,9)(H2,10,11,12). The van der Waals surface area contributed by atoms with Gasteiger partial charge in [-0.3, -0.25) is 9.36 Å². The van der Waals surface area contributed by atoms with Crippen LogP contribution in [0.1, 0.15) is 20.3 Å². The minimum atomic E-state index is -4.34. The van der Waals surface area contributed by atoms with Crippen LogP contribution < -0.4 is 11.1 Å². The first-order valence-electron chi connectivity index (χ1n) is 3.83. The number of carbonyl (C=O) groups excluding carboxylic acids is 1. The fourth-order valence-corrected chi connectivity index (χ4v) is 1.40. The summed E-state index contributed by atoms with van der Waals surface area (Å²) in [5.41, 5.74) is 5.01. The number of hydrogen-bond acceptors (Lipinski definition) is 3. The van der Waals surface area contributed by atoms with Crippen molar-refractivity contribution < 1.29 is 19.1 Å². The van der Waals surface area contributed by atoms with E-state index in [2.05, 4.69) is 5.32 Å². The summed E-state index contributed by atoms with van der Waals surface area (Å²) in [6.45, 7) is 2.59. The predicted molar refractivity (Wildman–Crippen MR) is 47.9 cm³/mol. The van der Waals surface area contributed by atoms with E-state index in [1.54, 1.807) is 6.92 Å². The van der Waals surface area contributed by atoms with Gasteiger partial charge in [0.05, 0.1) is 6.54 Å². The SMILES string of the molecule is CCC(C)(NC(=O)CN)P(=O)(O)O. The Kier molecular flexibility index (Phi) is 4.06. The molecule has 0 aliphatic heterocycles. The number of nitrogens with one attached hydrogen (secondary N) is 1. The van der Waals surface area contributed by atoms with E-state index >= 15 is 0 Å². The van der Waals surface area contributed by atoms with Crippen LogP contribution in [0, 0.1) is 0 Å². The molecule has 0 fully saturated rings. The van der Waals surface area contributed by atoms with Gasteiger partial charge in [0, 0.05) is 0 Å². The first-order chi connectivity index (χ1) is 5.77. The molecule has 0 aromatic carbocycles. The van der Waals surface area contributed by atoms with E-state index < -0.39 is 18.8 Å². The molecule has 0 aromatic heterocycles. The van der Waals surface area contributed by atoms with E-state index in [0.29, 0.717) is 0 Å². The Morgan fingerprint density at radius 2 is 2.08 bits per heavy atom. The van der Waals surface area contributed by atoms with Gasteiger partial charge in [-0.05, 0) is 13.3 Å². The minimum Gasteiger partial charge on any atom is -0.339 e. The molecule has 78 valence electrons. The second-order valence-electron chi connectivity index (χ2n) is 2.92. The van der Waals surface area contributed by atoms with Crippen molar-refractivity contribution in [2.24, 2.45) is 5.73 Å². The van der Waals surface area contributed by atoms with Crippen molar-refractivity contribution in [2.75, 3.05) is 6.54 Å². The molecule has 0 aliphatic rings. The van der Waals surface area contributed by atoms with Crippen LogP contribution >= 0.6 is 7.60 Å². The van der Waals surface area contributed by atoms with Crippen LogP contribution in [0.25, 0.3) is 0 Å². The lowest BCUT2D eigenvalue weighted by Gasteiger charge is -2.29. The molecule has 0 aliphatic carbocycles. The lowest BCUT2D eigenvalue weighted by Crippen LogP contribution is -2.47. The summed E-state index contributed by atoms with van der Waals surface area (Å²) in [5.74, 6) is -0.576. The van der Waals surface area contributed by atoms with E-state index in [-0.39, 0.29) is 13.0 Å². The maximum absolute atomic E-state index is 11.0. The first-order valence-corrected chi connectivity index (χ1v) is 5.45. The number of carbonyl (C=O) groups is 1. The predicted octanol–water partition coefficient (Wildman–Crippen LogP) is -0.635. The molecule has 6 nitrogen and oxygen atoms in total. The van der Waals surface area contributed by atoms with Gasteiger partial charge in [-0.25, -0.2) is 0 Å². The maximum atomic E-state index is 11.0. The first kappa shape index (κ1) is 12.6. The molecule has 0 bridgehead atoms. The Balaban J connectivity index is 4.66. The van der Waals surface area contributed by atoms with E-state index in [1.807, 2.05) is 0 Å². The summed E-state index contributed by atoms with van der Waals surface area (Å²) in [7, 11) is -4.34. The molecular formula is C6H15N2O4P. The molecule has 0 saturated carbocycles. The third-order valence-electron chi connectivity index (χ3n) is 1.93. The van der Waals surface area contributed by atoms with E-state index in [4.69, 9.17) is 15.5 Å². The van der Waals surface area contributed by atoms with Gasteiger partial charge in [-0.15, -0.1) is 0 Å². The highest BCUT2D eigenvalue weighted by Crippen LogP contribution is 2.50. The minimum absolute atomic E-state index is 0.142. The van der Waals surface area contributed by atoms with Crippen LogP contribution in [0.5, 0.6) is 0 Å². The van der Waals surface area contributed by atoms with Crippen molar-refractivity contribution in [1.82, 2.24) is 5.32 Å². The molecule has 13 heavy (non-hydrogen) atoms. The molecular weight excluding hydrogens is 195 g/mol. The molecule has 7 heteroatoms. The van der Waals surface area contributed by atoms with Crippen molar-refractivity contribution >= 4 is 13.5 Å². The summed E-state index contributed by atoms with van der Waals surface area (Å²) in [5, 5.41) is 0.695. The topological polar surface area (TPSA) is 113 Å². The average molecular weight is 210 g/mol. The number of hydrogen-bond donors (Lipinski definition) is 4. The zero-order chi connectivity index (χ0) is 10.7. The number of nitrogens with two attached hydrogens (primary N) is 1. The van der Waals surface area contributed by atoms with E-state index in [0.717, 1.165) is 0 Å². The quantitative estimate of drug-likeness (QED) is 0.461. The largest absolute Gasteiger partial charge is 0.350 e. The molecule has 1 amide bonds. The second-order valence-corrected chi connectivity index (χ2v) is 5.00. The van der Waals surface area contributed by atoms with Crippen molar-refractivity contribution in [3.8, 4) is 0 Å². The highest BCUT2D eigenvalue weighted by Gasteiger charge is 2.41. The fraction of sp³-hybridized carbons (Fsp3) is 0.833. The van der Waals surface area contributed by atoms with Gasteiger partial charge in [0.1, 0.15) is 5.28 Å². The molecule has 1 atom stereocenters. The third kappa shape index (κ3) is 3.08. The van der Waals surface area contributed by atoms with Crippen LogP contribution in [0.3, 0.4) is 0 Å². The van der Waals surface area contributed by atoms with Crippen LogP contribution in [-0.4, -0.2) is 27.5 Å². The Morgan fingerprint density at radius 3 is 2.31 bits per heavy atom. The van der Waals surface area contributed by atoms with Gasteiger partial charge in [0.15, 0.2) is 0 Å². The van der Waals surface area contributed by atoms with Gasteiger partial charge >= 0.3 is 7.60 Å². The van der Waals surface area contributed by atoms with Gasteiger partial charge in [0.25, 0.3) is 0 Å². The van der Waals surface area contributed by atoms with Crippen LogP contribution in [0.4, 0.5) is 0 Å². The fourth-order valence-electron chi connectivity index (χ4n) is 0.719. The average Bonchev–Trinajstić information content (AvgIpc) is 2.02. The van der Waals surface area contributed by atoms with Gasteiger partial charge in [-0.1, -0.05) is 6.92 Å². The van der Waals surface area contributed by atoms with Gasteiger partial charge in [-0.2, -0.15) is 0 Å². The van der Waals surface area contributed by atoms with Crippen LogP contribution in [0.2, 0.25) is 0 Å². The van der Waals surface area contributed by atoms with Crippen molar-refractivity contribution in [2.45, 2.75) is 25.5 Å². The third-order valence-corrected chi connectivity index (χ3v) is 3.64. The Bertz CT molecular complexity index is 239. The molecule has 0 spiro atoms. The summed E-state index contributed by atoms with van der Waals surface area (Å²) in [4.78, 5) is 28.7. The van der Waals surface area contributed by atoms with Gasteiger partial charge < -0.3 is 20.8 Å². The Labute approximate surface area is 76.7 Å². The van der Waals surface area contributed by atoms with Crippen molar-refractivity contribution in [1.29, 1.82) is 0 Å². The van der Waals surface area contributed by atoms with Crippen molar-refractivity contribution in [3.63, 3.8) is 0 Å². The summed E-state index contributed by atoms with van der Waals surface area (Å²) in [6, 6.07) is 0. The molecule has 0 radical (unpaired) electrons. The molecule has 0 heterocycles. The molecule has 0 aromatic rings. The maximum Gasteiger partial charge on any atom is 0.350 e. The lowest BCUT2D eigenvalue weighted by molar-refractivity contribution is -0.120. The van der Waals surface area contributed by atoms with E-state index in [1.165, 1.54) is 6.92 Å². The Morgan fingerprint density at radius 1 is 1.62 bits per heavy atom. The monoisotopic (exact) mass is 210 g/mol. The van der Waals surface area contributed by atoms with Crippen molar-refractivity contribution in [3.05, 3.63) is 0 Å². The zero-order valence-corrected chi connectivity index (χ0v) is 8.54. The number of amides is 1. The van der Waals surface area contributed by atoms with E-state index in [9.17, 15) is 9.36 Å². The lowest BCUT2D eigenvalue weighted by atomic mass is 10.2. The Hall–Kier alpha value is -0.420. The number of rotatable bonds is 4. The van der Waals surface area contributed by atoms with Crippen LogP contribution in [-0.2, 0) is 9.36 Å². The summed E-state index contributed by atoms with van der Waals surface area (Å²) in [6.07, 6.45) is 0.142.